The fourth-order valence-corrected chi connectivity index (χ4v) is 12.2. The molecule has 0 bridgehead atoms. The molecular weight excluding hydrogens is 601 g/mol. The second-order valence-electron chi connectivity index (χ2n) is 10.4. The summed E-state index contributed by atoms with van der Waals surface area (Å²) in [6.07, 6.45) is 0. The molecule has 0 aliphatic carbocycles. The van der Waals surface area contributed by atoms with Gasteiger partial charge in [0, 0.05) is 23.8 Å². The van der Waals surface area contributed by atoms with Crippen LogP contribution in [0.15, 0.2) is 188 Å². The lowest BCUT2D eigenvalue weighted by Gasteiger charge is -2.25. The van der Waals surface area contributed by atoms with Crippen molar-refractivity contribution in [2.45, 2.75) is 0 Å². The Morgan fingerprint density at radius 3 is 0.733 bits per heavy atom. The maximum atomic E-state index is 5.57. The van der Waals surface area contributed by atoms with Gasteiger partial charge in [-0.25, -0.2) is 9.97 Å². The smallest absolute Gasteiger partial charge is 0.160 e. The average Bonchev–Trinajstić information content (AvgIpc) is 3.12. The highest BCUT2D eigenvalue weighted by atomic mass is 31.1. The summed E-state index contributed by atoms with van der Waals surface area (Å²) in [5.74, 6) is 0. The minimum absolute atomic E-state index is 0.897. The Morgan fingerprint density at radius 2 is 0.489 bits per heavy atom. The third kappa shape index (κ3) is 6.71. The van der Waals surface area contributed by atoms with Gasteiger partial charge in [-0.15, -0.1) is 0 Å². The van der Waals surface area contributed by atoms with Gasteiger partial charge in [0.25, 0.3) is 0 Å². The van der Waals surface area contributed by atoms with Crippen LogP contribution in [0.1, 0.15) is 0 Å². The lowest BCUT2D eigenvalue weighted by molar-refractivity contribution is 1.31. The maximum Gasteiger partial charge on any atom is 0.160 e. The molecule has 0 unspecified atom stereocenters. The molecule has 0 aliphatic rings. The Morgan fingerprint density at radius 1 is 0.267 bits per heavy atom. The van der Waals surface area contributed by atoms with Crippen LogP contribution in [0, 0.1) is 0 Å². The van der Waals surface area contributed by atoms with E-state index < -0.39 is 23.8 Å². The predicted octanol–water partition coefficient (Wildman–Crippen LogP) is 5.75. The number of aromatic nitrogens is 2. The second kappa shape index (κ2) is 14.2. The largest absolute Gasteiger partial charge is 0.227 e. The van der Waals surface area contributed by atoms with Gasteiger partial charge in [0.2, 0.25) is 0 Å². The Hall–Kier alpha value is -4.31. The van der Waals surface area contributed by atoms with Gasteiger partial charge < -0.3 is 0 Å². The van der Waals surface area contributed by atoms with Crippen LogP contribution in [-0.2, 0) is 0 Å². The number of nitrogens with zero attached hydrogens (tertiary/aromatic N) is 2. The van der Waals surface area contributed by atoms with Crippen LogP contribution >= 0.6 is 23.8 Å². The zero-order valence-electron chi connectivity index (χ0n) is 24.6. The molecule has 0 saturated heterocycles. The molecule has 0 amide bonds. The van der Waals surface area contributed by atoms with Crippen LogP contribution in [0.25, 0.3) is 0 Å². The van der Waals surface area contributed by atoms with Crippen molar-refractivity contribution in [2.75, 3.05) is 0 Å². The number of rotatable bonds is 9. The predicted molar refractivity (Wildman–Crippen MR) is 198 cm³/mol. The molecular formula is C40H31N2P3. The number of benzene rings is 6. The Bertz CT molecular complexity index is 1580. The van der Waals surface area contributed by atoms with Gasteiger partial charge in [-0.05, 0) is 37.9 Å². The molecule has 0 fully saturated rings. The van der Waals surface area contributed by atoms with Gasteiger partial charge in [-0.3, -0.25) is 0 Å². The fourth-order valence-electron chi connectivity index (χ4n) is 5.41. The highest BCUT2D eigenvalue weighted by Gasteiger charge is 2.28. The Labute approximate surface area is 269 Å². The molecule has 0 atom stereocenters. The van der Waals surface area contributed by atoms with E-state index >= 15 is 0 Å². The first-order valence-electron chi connectivity index (χ1n) is 14.9. The van der Waals surface area contributed by atoms with Gasteiger partial charge in [-0.2, -0.15) is 0 Å². The lowest BCUT2D eigenvalue weighted by atomic mass is 10.4. The van der Waals surface area contributed by atoms with E-state index in [9.17, 15) is 0 Å². The minimum atomic E-state index is -1.01. The molecule has 1 heterocycles. The molecule has 5 heteroatoms. The van der Waals surface area contributed by atoms with Crippen LogP contribution in [0.2, 0.25) is 0 Å². The van der Waals surface area contributed by atoms with Gasteiger partial charge in [0.1, 0.15) is 0 Å². The van der Waals surface area contributed by atoms with Crippen LogP contribution in [0.3, 0.4) is 0 Å². The van der Waals surface area contributed by atoms with E-state index in [2.05, 4.69) is 188 Å². The highest BCUT2D eigenvalue weighted by molar-refractivity contribution is 7.82. The molecule has 7 aromatic rings. The van der Waals surface area contributed by atoms with Crippen molar-refractivity contribution in [3.8, 4) is 0 Å². The van der Waals surface area contributed by atoms with Crippen LogP contribution in [0.4, 0.5) is 0 Å². The fraction of sp³-hybridized carbons (Fsp3) is 0. The first-order chi connectivity index (χ1) is 22.3. The van der Waals surface area contributed by atoms with Gasteiger partial charge in [0.05, 0.1) is 10.9 Å². The van der Waals surface area contributed by atoms with Crippen LogP contribution < -0.4 is 48.3 Å². The van der Waals surface area contributed by atoms with E-state index in [0.717, 1.165) is 16.4 Å². The molecule has 0 aliphatic heterocycles. The molecule has 0 spiro atoms. The normalized spacial score (nSPS) is 11.3. The summed E-state index contributed by atoms with van der Waals surface area (Å²) in [5.41, 5.74) is 3.07. The number of hydrogen-bond donors (Lipinski definition) is 0. The molecule has 2 nitrogen and oxygen atoms in total. The van der Waals surface area contributed by atoms with Crippen molar-refractivity contribution >= 4 is 72.0 Å². The zero-order chi connectivity index (χ0) is 30.3. The summed E-state index contributed by atoms with van der Waals surface area (Å²) in [6, 6.07) is 67.3. The molecule has 0 N–H and O–H groups in total. The van der Waals surface area contributed by atoms with Crippen molar-refractivity contribution in [1.29, 1.82) is 0 Å². The summed E-state index contributed by atoms with van der Waals surface area (Å²) in [7, 11) is -2.87. The molecule has 0 radical (unpaired) electrons. The molecule has 1 aromatic heterocycles. The highest BCUT2D eigenvalue weighted by Crippen LogP contribution is 2.37. The molecule has 6 aromatic carbocycles. The topological polar surface area (TPSA) is 25.8 Å². The molecule has 45 heavy (non-hydrogen) atoms. The van der Waals surface area contributed by atoms with Crippen molar-refractivity contribution in [3.05, 3.63) is 188 Å². The van der Waals surface area contributed by atoms with E-state index in [0.29, 0.717) is 0 Å². The standard InChI is InChI=1S/C40H31N2P3/c1-7-19-32(20-8-1)43(33-21-9-2-10-22-33)38-31-39(44(34-23-11-3-12-24-34)35-25-13-4-14-26-35)42-40(41-38)45(36-27-15-5-16-28-36)37-29-17-6-18-30-37/h1-31H. The van der Waals surface area contributed by atoms with Gasteiger partial charge in [0.15, 0.2) is 5.57 Å². The van der Waals surface area contributed by atoms with E-state index in [1.54, 1.807) is 0 Å². The molecule has 0 saturated carbocycles. The third-order valence-electron chi connectivity index (χ3n) is 7.43. The van der Waals surface area contributed by atoms with Crippen LogP contribution in [-0.4, -0.2) is 9.97 Å². The van der Waals surface area contributed by atoms with Crippen LogP contribution in [0.5, 0.6) is 0 Å². The van der Waals surface area contributed by atoms with Crippen molar-refractivity contribution in [3.63, 3.8) is 0 Å². The van der Waals surface area contributed by atoms with Gasteiger partial charge >= 0.3 is 0 Å². The number of hydrogen-bond acceptors (Lipinski definition) is 2. The summed E-state index contributed by atoms with van der Waals surface area (Å²) < 4.78 is 0. The summed E-state index contributed by atoms with van der Waals surface area (Å²) in [4.78, 5) is 11.1. The van der Waals surface area contributed by atoms with E-state index in [1.165, 1.54) is 31.8 Å². The first-order valence-corrected chi connectivity index (χ1v) is 19.0. The van der Waals surface area contributed by atoms with Crippen molar-refractivity contribution in [1.82, 2.24) is 9.97 Å². The Balaban J connectivity index is 1.52. The molecule has 7 rings (SSSR count). The summed E-state index contributed by atoms with van der Waals surface area (Å²) in [5, 5.41) is 7.61. The monoisotopic (exact) mass is 632 g/mol. The second-order valence-corrected chi connectivity index (χ2v) is 16.8. The SMILES string of the molecule is c1ccc(P(c2ccccc2)c2cc(P(c3ccccc3)c3ccccc3)nc(P(c3ccccc3)c3ccccc3)n2)cc1. The van der Waals surface area contributed by atoms with Crippen molar-refractivity contribution < 1.29 is 0 Å². The van der Waals surface area contributed by atoms with Crippen molar-refractivity contribution in [2.24, 2.45) is 0 Å². The Kier molecular flexibility index (Phi) is 9.28. The van der Waals surface area contributed by atoms with E-state index in [4.69, 9.17) is 9.97 Å². The molecule has 216 valence electrons. The lowest BCUT2D eigenvalue weighted by Crippen LogP contribution is -2.38. The first kappa shape index (κ1) is 29.4. The summed E-state index contributed by atoms with van der Waals surface area (Å²) in [6.45, 7) is 0. The van der Waals surface area contributed by atoms with E-state index in [1.807, 2.05) is 0 Å². The van der Waals surface area contributed by atoms with Gasteiger partial charge in [-0.1, -0.05) is 182 Å². The average molecular weight is 633 g/mol. The zero-order valence-corrected chi connectivity index (χ0v) is 27.3. The quantitative estimate of drug-likeness (QED) is 0.190. The van der Waals surface area contributed by atoms with E-state index in [-0.39, 0.29) is 0 Å². The third-order valence-corrected chi connectivity index (χ3v) is 14.3. The minimum Gasteiger partial charge on any atom is -0.227 e. The summed E-state index contributed by atoms with van der Waals surface area (Å²) >= 11 is 0. The maximum absolute atomic E-state index is 5.57.